The molecule has 1 amide bonds. The third-order valence-corrected chi connectivity index (χ3v) is 3.14. The number of benzene rings is 2. The molecule has 3 aromatic rings. The van der Waals surface area contributed by atoms with Gasteiger partial charge in [-0.2, -0.15) is 0 Å². The van der Waals surface area contributed by atoms with Crippen molar-refractivity contribution < 1.29 is 4.79 Å². The summed E-state index contributed by atoms with van der Waals surface area (Å²) in [7, 11) is 0. The molecule has 3 nitrogen and oxygen atoms in total. The average molecular weight is 250 g/mol. The predicted molar refractivity (Wildman–Crippen MR) is 77.4 cm³/mol. The van der Waals surface area contributed by atoms with Crippen molar-refractivity contribution in [1.82, 2.24) is 4.98 Å². The summed E-state index contributed by atoms with van der Waals surface area (Å²) < 4.78 is 0. The third kappa shape index (κ3) is 2.22. The SMILES string of the molecule is Cc1ccc(NC(=O)c2c[nH]c3ccccc23)cc1. The molecule has 0 radical (unpaired) electrons. The van der Waals surface area contributed by atoms with E-state index >= 15 is 0 Å². The highest BCUT2D eigenvalue weighted by atomic mass is 16.1. The van der Waals surface area contributed by atoms with E-state index in [9.17, 15) is 4.79 Å². The van der Waals surface area contributed by atoms with Gasteiger partial charge in [-0.25, -0.2) is 0 Å². The lowest BCUT2D eigenvalue weighted by Crippen LogP contribution is -2.11. The lowest BCUT2D eigenvalue weighted by molar-refractivity contribution is 0.102. The van der Waals surface area contributed by atoms with Crippen molar-refractivity contribution in [2.24, 2.45) is 0 Å². The van der Waals surface area contributed by atoms with Crippen molar-refractivity contribution in [3.63, 3.8) is 0 Å². The molecule has 0 saturated heterocycles. The van der Waals surface area contributed by atoms with Crippen molar-refractivity contribution in [3.05, 3.63) is 65.9 Å². The second-order valence-electron chi connectivity index (χ2n) is 4.57. The zero-order chi connectivity index (χ0) is 13.2. The molecule has 3 heteroatoms. The van der Waals surface area contributed by atoms with Gasteiger partial charge in [-0.1, -0.05) is 35.9 Å². The Morgan fingerprint density at radius 3 is 2.58 bits per heavy atom. The lowest BCUT2D eigenvalue weighted by atomic mass is 10.1. The zero-order valence-electron chi connectivity index (χ0n) is 10.6. The molecule has 1 aromatic heterocycles. The Balaban J connectivity index is 1.90. The van der Waals surface area contributed by atoms with Gasteiger partial charge < -0.3 is 10.3 Å². The number of fused-ring (bicyclic) bond motifs is 1. The quantitative estimate of drug-likeness (QED) is 0.715. The number of aromatic nitrogens is 1. The summed E-state index contributed by atoms with van der Waals surface area (Å²) in [5.41, 5.74) is 3.61. The Morgan fingerprint density at radius 1 is 1.05 bits per heavy atom. The number of hydrogen-bond acceptors (Lipinski definition) is 1. The summed E-state index contributed by atoms with van der Waals surface area (Å²) in [6.45, 7) is 2.02. The van der Waals surface area contributed by atoms with Crippen molar-refractivity contribution >= 4 is 22.5 Å². The molecule has 2 aromatic carbocycles. The maximum atomic E-state index is 12.2. The number of nitrogens with one attached hydrogen (secondary N) is 2. The van der Waals surface area contributed by atoms with Crippen LogP contribution in [0.4, 0.5) is 5.69 Å². The third-order valence-electron chi connectivity index (χ3n) is 3.14. The number of anilines is 1. The number of aromatic amines is 1. The maximum Gasteiger partial charge on any atom is 0.257 e. The molecule has 0 spiro atoms. The molecule has 0 unspecified atom stereocenters. The normalized spacial score (nSPS) is 10.6. The summed E-state index contributed by atoms with van der Waals surface area (Å²) in [6.07, 6.45) is 1.74. The van der Waals surface area contributed by atoms with Gasteiger partial charge in [-0.05, 0) is 25.1 Å². The number of hydrogen-bond donors (Lipinski definition) is 2. The Bertz CT molecular complexity index is 726. The number of aryl methyl sites for hydroxylation is 1. The van der Waals surface area contributed by atoms with Crippen molar-refractivity contribution in [3.8, 4) is 0 Å². The molecule has 0 bridgehead atoms. The fourth-order valence-corrected chi connectivity index (χ4v) is 2.09. The number of carbonyl (C=O) groups excluding carboxylic acids is 1. The molecule has 0 fully saturated rings. The predicted octanol–water partition coefficient (Wildman–Crippen LogP) is 3.73. The van der Waals surface area contributed by atoms with E-state index in [4.69, 9.17) is 0 Å². The molecule has 0 aliphatic heterocycles. The second-order valence-corrected chi connectivity index (χ2v) is 4.57. The molecule has 94 valence electrons. The van der Waals surface area contributed by atoms with E-state index in [-0.39, 0.29) is 5.91 Å². The standard InChI is InChI=1S/C16H14N2O/c1-11-6-8-12(9-7-11)18-16(19)14-10-17-15-5-3-2-4-13(14)15/h2-10,17H,1H3,(H,18,19). The highest BCUT2D eigenvalue weighted by Crippen LogP contribution is 2.19. The van der Waals surface area contributed by atoms with E-state index in [1.165, 1.54) is 5.56 Å². The molecule has 3 rings (SSSR count). The Labute approximate surface area is 111 Å². The molecule has 19 heavy (non-hydrogen) atoms. The first-order chi connectivity index (χ1) is 9.24. The zero-order valence-corrected chi connectivity index (χ0v) is 10.6. The van der Waals surface area contributed by atoms with Crippen LogP contribution in [0, 0.1) is 6.92 Å². The van der Waals surface area contributed by atoms with E-state index in [1.54, 1.807) is 6.20 Å². The van der Waals surface area contributed by atoms with Crippen LogP contribution >= 0.6 is 0 Å². The molecule has 0 aliphatic carbocycles. The number of H-pyrrole nitrogens is 1. The molecule has 0 aliphatic rings. The van der Waals surface area contributed by atoms with Crippen LogP contribution in [0.2, 0.25) is 0 Å². The van der Waals surface area contributed by atoms with Crippen LogP contribution in [0.1, 0.15) is 15.9 Å². The minimum atomic E-state index is -0.0960. The Hall–Kier alpha value is -2.55. The van der Waals surface area contributed by atoms with Crippen molar-refractivity contribution in [2.75, 3.05) is 5.32 Å². The first-order valence-corrected chi connectivity index (χ1v) is 6.18. The van der Waals surface area contributed by atoms with Gasteiger partial charge in [-0.15, -0.1) is 0 Å². The van der Waals surface area contributed by atoms with Gasteiger partial charge in [0.2, 0.25) is 0 Å². The average Bonchev–Trinajstić information content (AvgIpc) is 2.85. The van der Waals surface area contributed by atoms with Crippen LogP contribution in [0.15, 0.2) is 54.7 Å². The molecule has 1 heterocycles. The van der Waals surface area contributed by atoms with Gasteiger partial charge in [0.25, 0.3) is 5.91 Å². The van der Waals surface area contributed by atoms with E-state index < -0.39 is 0 Å². The number of carbonyl (C=O) groups is 1. The summed E-state index contributed by atoms with van der Waals surface area (Å²) >= 11 is 0. The molecular formula is C16H14N2O. The molecule has 2 N–H and O–H groups in total. The number of para-hydroxylation sites is 1. The molecule has 0 saturated carbocycles. The Morgan fingerprint density at radius 2 is 1.79 bits per heavy atom. The lowest BCUT2D eigenvalue weighted by Gasteiger charge is -2.04. The topological polar surface area (TPSA) is 44.9 Å². The van der Waals surface area contributed by atoms with Gasteiger partial charge in [0.15, 0.2) is 0 Å². The van der Waals surface area contributed by atoms with E-state index in [0.29, 0.717) is 5.56 Å². The number of rotatable bonds is 2. The smallest absolute Gasteiger partial charge is 0.257 e. The van der Waals surface area contributed by atoms with Crippen LogP contribution in [-0.4, -0.2) is 10.9 Å². The van der Waals surface area contributed by atoms with Gasteiger partial charge in [0.1, 0.15) is 0 Å². The highest BCUT2D eigenvalue weighted by Gasteiger charge is 2.11. The van der Waals surface area contributed by atoms with Crippen LogP contribution in [0.25, 0.3) is 10.9 Å². The Kier molecular flexibility index (Phi) is 2.80. The van der Waals surface area contributed by atoms with Crippen LogP contribution < -0.4 is 5.32 Å². The second kappa shape index (κ2) is 4.61. The van der Waals surface area contributed by atoms with Crippen LogP contribution in [0.3, 0.4) is 0 Å². The summed E-state index contributed by atoms with van der Waals surface area (Å²) in [6, 6.07) is 15.5. The summed E-state index contributed by atoms with van der Waals surface area (Å²) in [5.74, 6) is -0.0960. The van der Waals surface area contributed by atoms with E-state index in [0.717, 1.165) is 16.6 Å². The molecule has 0 atom stereocenters. The summed E-state index contributed by atoms with van der Waals surface area (Å²) in [4.78, 5) is 15.3. The van der Waals surface area contributed by atoms with E-state index in [2.05, 4.69) is 10.3 Å². The highest BCUT2D eigenvalue weighted by molar-refractivity contribution is 6.12. The fraction of sp³-hybridized carbons (Fsp3) is 0.0625. The van der Waals surface area contributed by atoms with Gasteiger partial charge in [0.05, 0.1) is 5.56 Å². The van der Waals surface area contributed by atoms with Gasteiger partial charge in [0, 0.05) is 22.8 Å². The first-order valence-electron chi connectivity index (χ1n) is 6.18. The van der Waals surface area contributed by atoms with Crippen LogP contribution in [0.5, 0.6) is 0 Å². The minimum absolute atomic E-state index is 0.0960. The minimum Gasteiger partial charge on any atom is -0.360 e. The fourth-order valence-electron chi connectivity index (χ4n) is 2.09. The van der Waals surface area contributed by atoms with Crippen molar-refractivity contribution in [2.45, 2.75) is 6.92 Å². The first kappa shape index (κ1) is 11.5. The van der Waals surface area contributed by atoms with E-state index in [1.807, 2.05) is 55.5 Å². The number of amides is 1. The molecular weight excluding hydrogens is 236 g/mol. The largest absolute Gasteiger partial charge is 0.360 e. The van der Waals surface area contributed by atoms with Gasteiger partial charge in [-0.3, -0.25) is 4.79 Å². The summed E-state index contributed by atoms with van der Waals surface area (Å²) in [5, 5.41) is 3.84. The monoisotopic (exact) mass is 250 g/mol. The van der Waals surface area contributed by atoms with Crippen LogP contribution in [-0.2, 0) is 0 Å². The van der Waals surface area contributed by atoms with Crippen molar-refractivity contribution in [1.29, 1.82) is 0 Å². The van der Waals surface area contributed by atoms with Gasteiger partial charge >= 0.3 is 0 Å². The maximum absolute atomic E-state index is 12.2.